The van der Waals surface area contributed by atoms with Crippen molar-refractivity contribution in [2.24, 2.45) is 7.05 Å². The maximum Gasteiger partial charge on any atom is 0.416 e. The number of halogens is 3. The number of benzene rings is 2. The van der Waals surface area contributed by atoms with Crippen LogP contribution in [0.1, 0.15) is 77.5 Å². The number of carbonyl (C=O) groups excluding carboxylic acids is 1. The molecule has 10 heteroatoms. The van der Waals surface area contributed by atoms with E-state index in [-0.39, 0.29) is 29.8 Å². The van der Waals surface area contributed by atoms with Crippen LogP contribution in [0.15, 0.2) is 42.7 Å². The van der Waals surface area contributed by atoms with E-state index < -0.39 is 29.7 Å². The Kier molecular flexibility index (Phi) is 6.35. The van der Waals surface area contributed by atoms with Gasteiger partial charge < -0.3 is 19.9 Å². The first kappa shape index (κ1) is 25.4. The number of rotatable bonds is 7. The van der Waals surface area contributed by atoms with Crippen molar-refractivity contribution in [3.05, 3.63) is 76.4 Å². The van der Waals surface area contributed by atoms with E-state index >= 15 is 0 Å². The Balaban J connectivity index is 1.48. The van der Waals surface area contributed by atoms with Gasteiger partial charge in [0, 0.05) is 30.4 Å². The average molecular weight is 514 g/mol. The van der Waals surface area contributed by atoms with Crippen LogP contribution in [-0.4, -0.2) is 37.4 Å². The molecule has 2 atom stereocenters. The molecule has 7 nitrogen and oxygen atoms in total. The summed E-state index contributed by atoms with van der Waals surface area (Å²) >= 11 is 0. The zero-order chi connectivity index (χ0) is 26.5. The van der Waals surface area contributed by atoms with Crippen molar-refractivity contribution in [3.8, 4) is 0 Å². The molecule has 1 saturated carbocycles. The molecule has 2 aliphatic rings. The van der Waals surface area contributed by atoms with Crippen molar-refractivity contribution < 1.29 is 23.1 Å². The molecule has 2 N–H and O–H groups in total. The summed E-state index contributed by atoms with van der Waals surface area (Å²) in [6.45, 7) is 3.79. The van der Waals surface area contributed by atoms with E-state index in [1.165, 1.54) is 17.3 Å². The minimum absolute atomic E-state index is 0.0121. The van der Waals surface area contributed by atoms with Gasteiger partial charge in [0.15, 0.2) is 0 Å². The summed E-state index contributed by atoms with van der Waals surface area (Å²) in [5.74, 6) is -0.453. The van der Waals surface area contributed by atoms with Crippen molar-refractivity contribution in [3.63, 3.8) is 0 Å². The summed E-state index contributed by atoms with van der Waals surface area (Å²) in [5.41, 5.74) is 0.811. The standard InChI is InChI=1S/C27H30F3N5O2/c1-16(36)23(24-33-32-15-34(24)3)18-6-4-7-19(12-18)35-14-21-20(25(35)37)10-17(11-22(21)27(28,29)30)13-31-26(2)8-5-9-26/h4,6-7,10-12,15-16,23,31,36H,5,8-9,13-14H2,1-3H3. The summed E-state index contributed by atoms with van der Waals surface area (Å²) in [6, 6.07) is 9.70. The molecule has 3 aromatic rings. The van der Waals surface area contributed by atoms with Gasteiger partial charge in [-0.1, -0.05) is 12.1 Å². The largest absolute Gasteiger partial charge is 0.416 e. The van der Waals surface area contributed by atoms with E-state index in [9.17, 15) is 23.1 Å². The molecule has 0 spiro atoms. The van der Waals surface area contributed by atoms with E-state index in [1.54, 1.807) is 48.9 Å². The normalized spacial score (nSPS) is 18.5. The highest BCUT2D eigenvalue weighted by Gasteiger charge is 2.41. The number of hydrogen-bond acceptors (Lipinski definition) is 5. The highest BCUT2D eigenvalue weighted by atomic mass is 19.4. The molecule has 0 radical (unpaired) electrons. The predicted molar refractivity (Wildman–Crippen MR) is 132 cm³/mol. The zero-order valence-electron chi connectivity index (χ0n) is 21.0. The topological polar surface area (TPSA) is 83.3 Å². The Hall–Kier alpha value is -3.24. The number of nitrogens with zero attached hydrogens (tertiary/aromatic N) is 4. The van der Waals surface area contributed by atoms with Gasteiger partial charge in [0.25, 0.3) is 5.91 Å². The van der Waals surface area contributed by atoms with Crippen molar-refractivity contribution in [2.45, 2.75) is 69.9 Å². The van der Waals surface area contributed by atoms with E-state index in [0.717, 1.165) is 19.3 Å². The number of aromatic nitrogens is 3. The third-order valence-electron chi connectivity index (χ3n) is 7.63. The zero-order valence-corrected chi connectivity index (χ0v) is 21.0. The van der Waals surface area contributed by atoms with Crippen LogP contribution in [-0.2, 0) is 26.3 Å². The number of aliphatic hydroxyl groups excluding tert-OH is 1. The van der Waals surface area contributed by atoms with Crippen molar-refractivity contribution in [1.29, 1.82) is 0 Å². The Morgan fingerprint density at radius 2 is 1.97 bits per heavy atom. The maximum absolute atomic E-state index is 14.1. The summed E-state index contributed by atoms with van der Waals surface area (Å²) in [7, 11) is 1.77. The minimum atomic E-state index is -4.58. The molecule has 37 heavy (non-hydrogen) atoms. The van der Waals surface area contributed by atoms with Crippen LogP contribution >= 0.6 is 0 Å². The third-order valence-corrected chi connectivity index (χ3v) is 7.63. The van der Waals surface area contributed by atoms with Crippen LogP contribution in [0.3, 0.4) is 0 Å². The Morgan fingerprint density at radius 3 is 2.57 bits per heavy atom. The Bertz CT molecular complexity index is 1330. The molecule has 1 aromatic heterocycles. The first-order chi connectivity index (χ1) is 17.5. The van der Waals surface area contributed by atoms with Gasteiger partial charge in [-0.3, -0.25) is 4.79 Å². The molecule has 0 bridgehead atoms. The van der Waals surface area contributed by atoms with Gasteiger partial charge in [-0.2, -0.15) is 13.2 Å². The van der Waals surface area contributed by atoms with Crippen LogP contribution in [0.4, 0.5) is 18.9 Å². The number of alkyl halides is 3. The van der Waals surface area contributed by atoms with Gasteiger partial charge in [0.1, 0.15) is 12.2 Å². The molecular weight excluding hydrogens is 483 g/mol. The fourth-order valence-corrected chi connectivity index (χ4v) is 5.33. The lowest BCUT2D eigenvalue weighted by atomic mass is 9.78. The molecule has 2 aromatic carbocycles. The van der Waals surface area contributed by atoms with Crippen molar-refractivity contribution in [1.82, 2.24) is 20.1 Å². The summed E-state index contributed by atoms with van der Waals surface area (Å²) in [4.78, 5) is 14.8. The predicted octanol–water partition coefficient (Wildman–Crippen LogP) is 4.54. The number of hydrogen-bond donors (Lipinski definition) is 2. The third kappa shape index (κ3) is 4.75. The summed E-state index contributed by atoms with van der Waals surface area (Å²) in [5, 5.41) is 21.9. The second-order valence-electron chi connectivity index (χ2n) is 10.4. The number of anilines is 1. The molecule has 1 fully saturated rings. The summed E-state index contributed by atoms with van der Waals surface area (Å²) in [6.07, 6.45) is -0.800. The molecule has 5 rings (SSSR count). The van der Waals surface area contributed by atoms with Crippen LogP contribution in [0, 0.1) is 0 Å². The first-order valence-electron chi connectivity index (χ1n) is 12.4. The smallest absolute Gasteiger partial charge is 0.392 e. The molecule has 1 amide bonds. The number of fused-ring (bicyclic) bond motifs is 1. The van der Waals surface area contributed by atoms with Crippen LogP contribution in [0.2, 0.25) is 0 Å². The van der Waals surface area contributed by atoms with Gasteiger partial charge in [0.2, 0.25) is 0 Å². The van der Waals surface area contributed by atoms with Crippen LogP contribution in [0.25, 0.3) is 0 Å². The Labute approximate surface area is 213 Å². The van der Waals surface area contributed by atoms with E-state index in [1.807, 2.05) is 0 Å². The van der Waals surface area contributed by atoms with Gasteiger partial charge in [-0.05, 0) is 74.1 Å². The van der Waals surface area contributed by atoms with Crippen LogP contribution in [0.5, 0.6) is 0 Å². The number of amides is 1. The molecule has 2 unspecified atom stereocenters. The highest BCUT2D eigenvalue weighted by molar-refractivity contribution is 6.10. The molecule has 1 aliphatic heterocycles. The first-order valence-corrected chi connectivity index (χ1v) is 12.4. The van der Waals surface area contributed by atoms with Gasteiger partial charge in [-0.25, -0.2) is 0 Å². The maximum atomic E-state index is 14.1. The fraction of sp³-hybridized carbons (Fsp3) is 0.444. The lowest BCUT2D eigenvalue weighted by molar-refractivity contribution is -0.138. The molecule has 2 heterocycles. The van der Waals surface area contributed by atoms with Gasteiger partial charge in [0.05, 0.1) is 24.1 Å². The average Bonchev–Trinajstić information content (AvgIpc) is 3.38. The second kappa shape index (κ2) is 9.25. The quantitative estimate of drug-likeness (QED) is 0.485. The van der Waals surface area contributed by atoms with E-state index in [0.29, 0.717) is 22.6 Å². The van der Waals surface area contributed by atoms with E-state index in [4.69, 9.17) is 0 Å². The number of aliphatic hydroxyl groups is 1. The Morgan fingerprint density at radius 1 is 1.22 bits per heavy atom. The van der Waals surface area contributed by atoms with Gasteiger partial charge in [-0.15, -0.1) is 10.2 Å². The molecular formula is C27H30F3N5O2. The SMILES string of the molecule is CC(O)C(c1cccc(N2Cc3c(cc(CNC4(C)CCC4)cc3C(F)(F)F)C2=O)c1)c1nncn1C. The van der Waals surface area contributed by atoms with Gasteiger partial charge >= 0.3 is 6.18 Å². The molecule has 196 valence electrons. The number of nitrogens with one attached hydrogen (secondary N) is 1. The highest BCUT2D eigenvalue weighted by Crippen LogP contribution is 2.40. The van der Waals surface area contributed by atoms with Crippen molar-refractivity contribution in [2.75, 3.05) is 4.90 Å². The lowest BCUT2D eigenvalue weighted by Crippen LogP contribution is -2.47. The fourth-order valence-electron chi connectivity index (χ4n) is 5.33. The summed E-state index contributed by atoms with van der Waals surface area (Å²) < 4.78 is 44.0. The van der Waals surface area contributed by atoms with Crippen molar-refractivity contribution >= 4 is 11.6 Å². The van der Waals surface area contributed by atoms with Crippen LogP contribution < -0.4 is 10.2 Å². The lowest BCUT2D eigenvalue weighted by Gasteiger charge is -2.39. The van der Waals surface area contributed by atoms with E-state index in [2.05, 4.69) is 22.4 Å². The monoisotopic (exact) mass is 513 g/mol. The number of carbonyl (C=O) groups is 1. The minimum Gasteiger partial charge on any atom is -0.392 e. The number of aryl methyl sites for hydroxylation is 1. The second-order valence-corrected chi connectivity index (χ2v) is 10.4. The molecule has 1 aliphatic carbocycles. The molecule has 0 saturated heterocycles.